The van der Waals surface area contributed by atoms with E-state index >= 15 is 0 Å². The molecule has 7 nitrogen and oxygen atoms in total. The van der Waals surface area contributed by atoms with Gasteiger partial charge < -0.3 is 22.1 Å². The number of anilines is 3. The Hall–Kier alpha value is -2.41. The van der Waals surface area contributed by atoms with E-state index in [9.17, 15) is 4.79 Å². The maximum atomic E-state index is 12.0. The molecular weight excluding hydrogens is 256 g/mol. The Labute approximate surface area is 115 Å². The molecule has 1 aliphatic rings. The third-order valence-corrected chi connectivity index (χ3v) is 3.39. The lowest BCUT2D eigenvalue weighted by molar-refractivity contribution is -0.117. The summed E-state index contributed by atoms with van der Waals surface area (Å²) in [5.74, 6) is 0.418. The summed E-state index contributed by atoms with van der Waals surface area (Å²) >= 11 is 0. The number of fused-ring (bicyclic) bond motifs is 1. The number of nitrogen functional groups attached to an aromatic ring is 2. The van der Waals surface area contributed by atoms with Gasteiger partial charge in [-0.25, -0.2) is 4.98 Å². The van der Waals surface area contributed by atoms with Gasteiger partial charge >= 0.3 is 0 Å². The zero-order valence-corrected chi connectivity index (χ0v) is 10.9. The molecule has 1 aromatic heterocycles. The largest absolute Gasteiger partial charge is 0.383 e. The Morgan fingerprint density at radius 3 is 2.95 bits per heavy atom. The van der Waals surface area contributed by atoms with E-state index in [1.54, 1.807) is 18.2 Å². The second-order valence-electron chi connectivity index (χ2n) is 4.84. The highest BCUT2D eigenvalue weighted by Crippen LogP contribution is 2.23. The van der Waals surface area contributed by atoms with Gasteiger partial charge in [-0.15, -0.1) is 0 Å². The summed E-state index contributed by atoms with van der Waals surface area (Å²) in [5, 5.41) is 6.71. The van der Waals surface area contributed by atoms with Crippen molar-refractivity contribution in [2.75, 3.05) is 23.3 Å². The van der Waals surface area contributed by atoms with Crippen LogP contribution in [0.1, 0.15) is 12.8 Å². The first-order valence-corrected chi connectivity index (χ1v) is 6.50. The number of hydrogen-bond donors (Lipinski definition) is 4. The first-order chi connectivity index (χ1) is 9.63. The number of nitrogens with zero attached hydrogens (tertiary/aromatic N) is 2. The number of hydrogen-bond acceptors (Lipinski definition) is 6. The summed E-state index contributed by atoms with van der Waals surface area (Å²) in [4.78, 5) is 20.0. The molecule has 2 heterocycles. The van der Waals surface area contributed by atoms with Gasteiger partial charge in [0, 0.05) is 11.1 Å². The quantitative estimate of drug-likeness (QED) is 0.631. The van der Waals surface area contributed by atoms with E-state index in [0.29, 0.717) is 22.4 Å². The Morgan fingerprint density at radius 1 is 1.35 bits per heavy atom. The molecule has 1 aliphatic heterocycles. The third kappa shape index (κ3) is 2.35. The molecule has 1 fully saturated rings. The Bertz CT molecular complexity index is 665. The molecule has 0 radical (unpaired) electrons. The molecule has 0 spiro atoms. The van der Waals surface area contributed by atoms with E-state index in [1.807, 2.05) is 0 Å². The van der Waals surface area contributed by atoms with Gasteiger partial charge in [0.1, 0.15) is 5.82 Å². The van der Waals surface area contributed by atoms with Crippen LogP contribution in [0.25, 0.3) is 10.9 Å². The highest BCUT2D eigenvalue weighted by Gasteiger charge is 2.21. The lowest BCUT2D eigenvalue weighted by Gasteiger charge is -2.12. The molecule has 1 saturated heterocycles. The molecule has 0 unspecified atom stereocenters. The molecule has 0 aliphatic carbocycles. The van der Waals surface area contributed by atoms with Crippen LogP contribution in [-0.4, -0.2) is 28.5 Å². The molecule has 3 rings (SSSR count). The summed E-state index contributed by atoms with van der Waals surface area (Å²) in [6, 6.07) is 5.19. The van der Waals surface area contributed by atoms with Crippen LogP contribution in [-0.2, 0) is 4.79 Å². The standard InChI is InChI=1S/C13H16N6O/c14-11-8-6-7(3-4-9(8)18-13(15)19-11)17-12(20)10-2-1-5-16-10/h3-4,6,10,16H,1-2,5H2,(H,17,20)(H4,14,15,18,19)/t10-/m0/s1. The summed E-state index contributed by atoms with van der Waals surface area (Å²) < 4.78 is 0. The smallest absolute Gasteiger partial charge is 0.241 e. The number of amides is 1. The number of benzene rings is 1. The van der Waals surface area contributed by atoms with Crippen LogP contribution in [0.15, 0.2) is 18.2 Å². The summed E-state index contributed by atoms with van der Waals surface area (Å²) in [5.41, 5.74) is 12.7. The summed E-state index contributed by atoms with van der Waals surface area (Å²) in [6.07, 6.45) is 1.89. The highest BCUT2D eigenvalue weighted by atomic mass is 16.2. The van der Waals surface area contributed by atoms with Gasteiger partial charge in [-0.05, 0) is 37.6 Å². The van der Waals surface area contributed by atoms with E-state index < -0.39 is 0 Å². The fourth-order valence-electron chi connectivity index (χ4n) is 2.39. The van der Waals surface area contributed by atoms with Crippen molar-refractivity contribution in [1.82, 2.24) is 15.3 Å². The maximum absolute atomic E-state index is 12.0. The van der Waals surface area contributed by atoms with Crippen molar-refractivity contribution in [2.45, 2.75) is 18.9 Å². The molecule has 1 amide bonds. The second kappa shape index (κ2) is 4.93. The third-order valence-electron chi connectivity index (χ3n) is 3.39. The zero-order chi connectivity index (χ0) is 14.1. The van der Waals surface area contributed by atoms with Gasteiger partial charge in [-0.1, -0.05) is 0 Å². The number of rotatable bonds is 2. The molecule has 104 valence electrons. The normalized spacial score (nSPS) is 18.3. The van der Waals surface area contributed by atoms with Crippen molar-refractivity contribution in [3.63, 3.8) is 0 Å². The molecule has 6 N–H and O–H groups in total. The number of carbonyl (C=O) groups excluding carboxylic acids is 1. The lowest BCUT2D eigenvalue weighted by atomic mass is 10.2. The molecule has 0 bridgehead atoms. The fraction of sp³-hybridized carbons (Fsp3) is 0.308. The maximum Gasteiger partial charge on any atom is 0.241 e. The van der Waals surface area contributed by atoms with Crippen LogP contribution in [0.2, 0.25) is 0 Å². The SMILES string of the molecule is Nc1nc(N)c2cc(NC(=O)[C@@H]3CCCN3)ccc2n1. The van der Waals surface area contributed by atoms with Crippen molar-refractivity contribution in [1.29, 1.82) is 0 Å². The van der Waals surface area contributed by atoms with Crippen LogP contribution in [0.4, 0.5) is 17.5 Å². The minimum Gasteiger partial charge on any atom is -0.383 e. The van der Waals surface area contributed by atoms with Gasteiger partial charge in [0.15, 0.2) is 0 Å². The van der Waals surface area contributed by atoms with Crippen molar-refractivity contribution in [3.8, 4) is 0 Å². The molecular formula is C13H16N6O. The van der Waals surface area contributed by atoms with E-state index in [1.165, 1.54) is 0 Å². The first kappa shape index (κ1) is 12.6. The number of nitrogens with one attached hydrogen (secondary N) is 2. The number of aromatic nitrogens is 2. The van der Waals surface area contributed by atoms with E-state index in [4.69, 9.17) is 11.5 Å². The van der Waals surface area contributed by atoms with Crippen molar-refractivity contribution >= 4 is 34.3 Å². The Kier molecular flexibility index (Phi) is 3.11. The first-order valence-electron chi connectivity index (χ1n) is 6.50. The van der Waals surface area contributed by atoms with Gasteiger partial charge in [0.2, 0.25) is 11.9 Å². The second-order valence-corrected chi connectivity index (χ2v) is 4.84. The van der Waals surface area contributed by atoms with Crippen molar-refractivity contribution < 1.29 is 4.79 Å². The summed E-state index contributed by atoms with van der Waals surface area (Å²) in [7, 11) is 0. The predicted molar refractivity (Wildman–Crippen MR) is 78.0 cm³/mol. The average Bonchev–Trinajstić information content (AvgIpc) is 2.93. The lowest BCUT2D eigenvalue weighted by Crippen LogP contribution is -2.35. The Balaban J connectivity index is 1.87. The van der Waals surface area contributed by atoms with Gasteiger partial charge in [0.05, 0.1) is 11.6 Å². The van der Waals surface area contributed by atoms with Gasteiger partial charge in [-0.2, -0.15) is 4.98 Å². The molecule has 7 heteroatoms. The molecule has 1 aromatic carbocycles. The fourth-order valence-corrected chi connectivity index (χ4v) is 2.39. The molecule has 20 heavy (non-hydrogen) atoms. The Morgan fingerprint density at radius 2 is 2.20 bits per heavy atom. The molecule has 2 aromatic rings. The monoisotopic (exact) mass is 272 g/mol. The van der Waals surface area contributed by atoms with E-state index in [-0.39, 0.29) is 17.9 Å². The van der Waals surface area contributed by atoms with Crippen molar-refractivity contribution in [3.05, 3.63) is 18.2 Å². The minimum atomic E-state index is -0.120. The van der Waals surface area contributed by atoms with E-state index in [0.717, 1.165) is 19.4 Å². The molecule has 1 atom stereocenters. The van der Waals surface area contributed by atoms with Crippen LogP contribution in [0.3, 0.4) is 0 Å². The van der Waals surface area contributed by atoms with Crippen molar-refractivity contribution in [2.24, 2.45) is 0 Å². The average molecular weight is 272 g/mol. The highest BCUT2D eigenvalue weighted by molar-refractivity contribution is 5.98. The van der Waals surface area contributed by atoms with Gasteiger partial charge in [-0.3, -0.25) is 4.79 Å². The topological polar surface area (TPSA) is 119 Å². The minimum absolute atomic E-state index is 0.0308. The predicted octanol–water partition coefficient (Wildman–Crippen LogP) is 0.485. The van der Waals surface area contributed by atoms with Gasteiger partial charge in [0.25, 0.3) is 0 Å². The van der Waals surface area contributed by atoms with Crippen LogP contribution >= 0.6 is 0 Å². The number of nitrogens with two attached hydrogens (primary N) is 2. The summed E-state index contributed by atoms with van der Waals surface area (Å²) in [6.45, 7) is 0.885. The number of carbonyl (C=O) groups is 1. The van der Waals surface area contributed by atoms with Crippen LogP contribution in [0, 0.1) is 0 Å². The van der Waals surface area contributed by atoms with Crippen LogP contribution < -0.4 is 22.1 Å². The van der Waals surface area contributed by atoms with E-state index in [2.05, 4.69) is 20.6 Å². The van der Waals surface area contributed by atoms with Crippen LogP contribution in [0.5, 0.6) is 0 Å². The zero-order valence-electron chi connectivity index (χ0n) is 10.9. The molecule has 0 saturated carbocycles.